The molecule has 5 nitrogen and oxygen atoms in total. The Morgan fingerprint density at radius 1 is 1.25 bits per heavy atom. The fraction of sp³-hybridized carbons (Fsp3) is 0.118. The van der Waals surface area contributed by atoms with E-state index in [-0.39, 0.29) is 12.5 Å². The lowest BCUT2D eigenvalue weighted by Crippen LogP contribution is -2.24. The zero-order valence-electron chi connectivity index (χ0n) is 12.9. The molecule has 0 fully saturated rings. The van der Waals surface area contributed by atoms with Gasteiger partial charge in [-0.3, -0.25) is 14.5 Å². The summed E-state index contributed by atoms with van der Waals surface area (Å²) < 4.78 is 2.13. The number of benzene rings is 2. The van der Waals surface area contributed by atoms with Crippen molar-refractivity contribution in [3.05, 3.63) is 75.3 Å². The summed E-state index contributed by atoms with van der Waals surface area (Å²) >= 11 is 11.5. The molecule has 0 atom stereocenters. The smallest absolute Gasteiger partial charge is 0.251 e. The average Bonchev–Trinajstić information content (AvgIpc) is 2.94. The molecule has 0 spiro atoms. The molecule has 0 bridgehead atoms. The van der Waals surface area contributed by atoms with Gasteiger partial charge < -0.3 is 5.32 Å². The van der Waals surface area contributed by atoms with Crippen molar-refractivity contribution in [1.82, 2.24) is 20.1 Å². The zero-order chi connectivity index (χ0) is 17.1. The highest BCUT2D eigenvalue weighted by atomic mass is 35.5. The number of amides is 1. The molecule has 3 aromatic rings. The van der Waals surface area contributed by atoms with Crippen LogP contribution in [-0.4, -0.2) is 20.7 Å². The Morgan fingerprint density at radius 3 is 2.67 bits per heavy atom. The number of halogens is 1. The topological polar surface area (TPSA) is 62.7 Å². The molecule has 24 heavy (non-hydrogen) atoms. The van der Waals surface area contributed by atoms with Crippen LogP contribution in [0.1, 0.15) is 21.7 Å². The summed E-state index contributed by atoms with van der Waals surface area (Å²) in [7, 11) is 0. The van der Waals surface area contributed by atoms with Crippen LogP contribution in [0.5, 0.6) is 0 Å². The quantitative estimate of drug-likeness (QED) is 0.697. The highest BCUT2D eigenvalue weighted by Crippen LogP contribution is 2.21. The van der Waals surface area contributed by atoms with Crippen molar-refractivity contribution in [1.29, 1.82) is 0 Å². The molecule has 0 aliphatic rings. The Hall–Kier alpha value is -2.44. The van der Waals surface area contributed by atoms with Gasteiger partial charge in [-0.15, -0.1) is 0 Å². The molecule has 0 aliphatic carbocycles. The van der Waals surface area contributed by atoms with E-state index in [1.807, 2.05) is 37.3 Å². The summed E-state index contributed by atoms with van der Waals surface area (Å²) in [6.07, 6.45) is 0. The second kappa shape index (κ2) is 6.98. The van der Waals surface area contributed by atoms with Gasteiger partial charge in [0.15, 0.2) is 10.6 Å². The maximum absolute atomic E-state index is 12.2. The van der Waals surface area contributed by atoms with Gasteiger partial charge in [-0.2, -0.15) is 5.10 Å². The molecule has 1 heterocycles. The minimum atomic E-state index is -0.172. The molecule has 3 rings (SSSR count). The van der Waals surface area contributed by atoms with E-state index in [1.54, 1.807) is 22.8 Å². The van der Waals surface area contributed by atoms with Gasteiger partial charge in [-0.25, -0.2) is 0 Å². The molecule has 1 aromatic heterocycles. The Labute approximate surface area is 149 Å². The second-order valence-electron chi connectivity index (χ2n) is 5.28. The lowest BCUT2D eigenvalue weighted by molar-refractivity contribution is 0.0949. The third-order valence-electron chi connectivity index (χ3n) is 3.56. The maximum atomic E-state index is 12.2. The average molecular weight is 359 g/mol. The number of carbonyl (C=O) groups excluding carboxylic acids is 1. The first-order valence-electron chi connectivity index (χ1n) is 7.32. The predicted octanol–water partition coefficient (Wildman–Crippen LogP) is 3.82. The summed E-state index contributed by atoms with van der Waals surface area (Å²) in [5.41, 5.74) is 2.42. The van der Waals surface area contributed by atoms with E-state index in [0.717, 1.165) is 11.3 Å². The fourth-order valence-corrected chi connectivity index (χ4v) is 2.77. The van der Waals surface area contributed by atoms with Crippen LogP contribution in [0.25, 0.3) is 5.69 Å². The van der Waals surface area contributed by atoms with E-state index >= 15 is 0 Å². The molecule has 0 aliphatic heterocycles. The minimum Gasteiger partial charge on any atom is -0.345 e. The Balaban J connectivity index is 1.82. The van der Waals surface area contributed by atoms with Crippen LogP contribution in [0.3, 0.4) is 0 Å². The van der Waals surface area contributed by atoms with Crippen molar-refractivity contribution in [2.24, 2.45) is 0 Å². The van der Waals surface area contributed by atoms with Crippen molar-refractivity contribution in [2.75, 3.05) is 0 Å². The van der Waals surface area contributed by atoms with Crippen LogP contribution in [-0.2, 0) is 6.54 Å². The maximum Gasteiger partial charge on any atom is 0.251 e. The molecule has 7 heteroatoms. The number of carbonyl (C=O) groups is 1. The predicted molar refractivity (Wildman–Crippen MR) is 96.1 cm³/mol. The van der Waals surface area contributed by atoms with Gasteiger partial charge in [0.25, 0.3) is 5.91 Å². The Kier molecular flexibility index (Phi) is 4.78. The highest BCUT2D eigenvalue weighted by Gasteiger charge is 2.12. The molecular weight excluding hydrogens is 344 g/mol. The van der Waals surface area contributed by atoms with E-state index in [9.17, 15) is 4.79 Å². The molecular formula is C17H15ClN4OS. The third kappa shape index (κ3) is 3.39. The molecule has 0 radical (unpaired) electrons. The van der Waals surface area contributed by atoms with Gasteiger partial charge in [0.1, 0.15) is 0 Å². The summed E-state index contributed by atoms with van der Waals surface area (Å²) in [4.78, 5) is 12.2. The van der Waals surface area contributed by atoms with Gasteiger partial charge >= 0.3 is 0 Å². The SMILES string of the molecule is Cc1ccc(C(=O)NCc2n[nH]c(=S)n2-c2ccccc2Cl)cc1. The first-order valence-corrected chi connectivity index (χ1v) is 8.11. The lowest BCUT2D eigenvalue weighted by Gasteiger charge is -2.09. The summed E-state index contributed by atoms with van der Waals surface area (Å²) in [5, 5.41) is 10.3. The normalized spacial score (nSPS) is 10.6. The summed E-state index contributed by atoms with van der Waals surface area (Å²) in [6, 6.07) is 14.7. The van der Waals surface area contributed by atoms with Crippen LogP contribution >= 0.6 is 23.8 Å². The molecule has 1 amide bonds. The van der Waals surface area contributed by atoms with Gasteiger partial charge in [0, 0.05) is 5.56 Å². The van der Waals surface area contributed by atoms with Gasteiger partial charge in [0.2, 0.25) is 0 Å². The molecule has 0 saturated heterocycles. The van der Waals surface area contributed by atoms with Crippen LogP contribution in [0.4, 0.5) is 0 Å². The van der Waals surface area contributed by atoms with Crippen LogP contribution in [0.15, 0.2) is 48.5 Å². The number of hydrogen-bond donors (Lipinski definition) is 2. The van der Waals surface area contributed by atoms with E-state index in [0.29, 0.717) is 21.2 Å². The third-order valence-corrected chi connectivity index (χ3v) is 4.15. The number of aromatic amines is 1. The van der Waals surface area contributed by atoms with Crippen LogP contribution in [0.2, 0.25) is 5.02 Å². The monoisotopic (exact) mass is 358 g/mol. The van der Waals surface area contributed by atoms with E-state index < -0.39 is 0 Å². The Bertz CT molecular complexity index is 930. The molecule has 2 N–H and O–H groups in total. The fourth-order valence-electron chi connectivity index (χ4n) is 2.30. The van der Waals surface area contributed by atoms with Crippen LogP contribution < -0.4 is 5.32 Å². The molecule has 0 saturated carbocycles. The van der Waals surface area contributed by atoms with Gasteiger partial charge in [-0.05, 0) is 43.4 Å². The highest BCUT2D eigenvalue weighted by molar-refractivity contribution is 7.71. The van der Waals surface area contributed by atoms with Crippen molar-refractivity contribution >= 4 is 29.7 Å². The number of aromatic nitrogens is 3. The standard InChI is InChI=1S/C17H15ClN4OS/c1-11-6-8-12(9-7-11)16(23)19-10-15-20-21-17(24)22(15)14-5-3-2-4-13(14)18/h2-9H,10H2,1H3,(H,19,23)(H,21,24). The second-order valence-corrected chi connectivity index (χ2v) is 6.07. The van der Waals surface area contributed by atoms with Crippen molar-refractivity contribution < 1.29 is 4.79 Å². The zero-order valence-corrected chi connectivity index (χ0v) is 14.5. The van der Waals surface area contributed by atoms with Gasteiger partial charge in [0.05, 0.1) is 17.3 Å². The van der Waals surface area contributed by atoms with Crippen molar-refractivity contribution in [2.45, 2.75) is 13.5 Å². The number of aryl methyl sites for hydroxylation is 1. The van der Waals surface area contributed by atoms with Gasteiger partial charge in [-0.1, -0.05) is 41.4 Å². The number of hydrogen-bond acceptors (Lipinski definition) is 3. The number of nitrogens with one attached hydrogen (secondary N) is 2. The van der Waals surface area contributed by atoms with E-state index in [1.165, 1.54) is 0 Å². The van der Waals surface area contributed by atoms with Crippen molar-refractivity contribution in [3.63, 3.8) is 0 Å². The summed E-state index contributed by atoms with van der Waals surface area (Å²) in [6.45, 7) is 2.20. The first-order chi connectivity index (χ1) is 11.6. The Morgan fingerprint density at radius 2 is 1.96 bits per heavy atom. The number of nitrogens with zero attached hydrogens (tertiary/aromatic N) is 2. The first kappa shape index (κ1) is 16.4. The largest absolute Gasteiger partial charge is 0.345 e. The van der Waals surface area contributed by atoms with E-state index in [4.69, 9.17) is 23.8 Å². The number of H-pyrrole nitrogens is 1. The lowest BCUT2D eigenvalue weighted by atomic mass is 10.1. The summed E-state index contributed by atoms with van der Waals surface area (Å²) in [5.74, 6) is 0.406. The van der Waals surface area contributed by atoms with Crippen molar-refractivity contribution in [3.8, 4) is 5.69 Å². The van der Waals surface area contributed by atoms with Crippen LogP contribution in [0, 0.1) is 11.7 Å². The molecule has 2 aromatic carbocycles. The minimum absolute atomic E-state index is 0.172. The molecule has 0 unspecified atom stereocenters. The van der Waals surface area contributed by atoms with E-state index in [2.05, 4.69) is 15.5 Å². The number of rotatable bonds is 4. The number of para-hydroxylation sites is 1. The molecule has 122 valence electrons.